The van der Waals surface area contributed by atoms with Crippen LogP contribution in [-0.2, 0) is 14.3 Å². The van der Waals surface area contributed by atoms with E-state index in [1.165, 1.54) is 36.6 Å². The van der Waals surface area contributed by atoms with Crippen molar-refractivity contribution < 1.29 is 28.5 Å². The van der Waals surface area contributed by atoms with E-state index >= 15 is 0 Å². The summed E-state index contributed by atoms with van der Waals surface area (Å²) in [7, 11) is 0. The minimum Gasteiger partial charge on any atom is -0.459 e. The van der Waals surface area contributed by atoms with Crippen molar-refractivity contribution in [3.63, 3.8) is 0 Å². The molecule has 1 heterocycles. The van der Waals surface area contributed by atoms with Crippen LogP contribution < -0.4 is 10.6 Å². The molecule has 2 rings (SSSR count). The molecule has 1 aromatic carbocycles. The average Bonchev–Trinajstić information content (AvgIpc) is 3.15. The van der Waals surface area contributed by atoms with Crippen LogP contribution in [0.15, 0.2) is 47.1 Å². The van der Waals surface area contributed by atoms with E-state index in [4.69, 9.17) is 9.15 Å². The Hall–Kier alpha value is -3.69. The van der Waals surface area contributed by atoms with Crippen molar-refractivity contribution in [2.24, 2.45) is 0 Å². The molecule has 1 aromatic heterocycles. The van der Waals surface area contributed by atoms with E-state index in [1.807, 2.05) is 0 Å². The maximum absolute atomic E-state index is 11.7. The number of nitrogens with one attached hydrogen (secondary N) is 2. The number of amides is 2. The fraction of sp³-hybridized carbons (Fsp3) is 0.188. The van der Waals surface area contributed by atoms with Crippen LogP contribution in [0.4, 0.5) is 11.4 Å². The number of furan rings is 1. The quantitative estimate of drug-likeness (QED) is 0.412. The number of anilines is 1. The van der Waals surface area contributed by atoms with Crippen molar-refractivity contribution in [1.82, 2.24) is 5.32 Å². The van der Waals surface area contributed by atoms with Crippen LogP contribution in [0.25, 0.3) is 0 Å². The number of hydrogen-bond donors (Lipinski definition) is 2. The third-order valence-corrected chi connectivity index (χ3v) is 3.09. The Balaban J connectivity index is 1.65. The van der Waals surface area contributed by atoms with Gasteiger partial charge in [-0.1, -0.05) is 0 Å². The second-order valence-corrected chi connectivity index (χ2v) is 5.00. The monoisotopic (exact) mass is 361 g/mol. The van der Waals surface area contributed by atoms with E-state index < -0.39 is 29.3 Å². The first-order chi connectivity index (χ1) is 12.5. The number of hydrogen-bond acceptors (Lipinski definition) is 7. The predicted molar refractivity (Wildman–Crippen MR) is 88.3 cm³/mol. The Kier molecular flexibility index (Phi) is 6.43. The number of nitro groups is 1. The molecule has 0 atom stereocenters. The number of nitrogens with zero attached hydrogens (tertiary/aromatic N) is 1. The lowest BCUT2D eigenvalue weighted by Crippen LogP contribution is -2.27. The van der Waals surface area contributed by atoms with Gasteiger partial charge in [0.15, 0.2) is 12.4 Å². The van der Waals surface area contributed by atoms with E-state index in [0.717, 1.165) is 0 Å². The van der Waals surface area contributed by atoms with E-state index in [1.54, 1.807) is 6.07 Å². The maximum atomic E-state index is 11.7. The minimum absolute atomic E-state index is 0.0301. The molecule has 136 valence electrons. The highest BCUT2D eigenvalue weighted by Gasteiger charge is 2.11. The van der Waals surface area contributed by atoms with E-state index in [9.17, 15) is 24.5 Å². The molecule has 0 spiro atoms. The molecule has 2 N–H and O–H groups in total. The number of rotatable bonds is 8. The van der Waals surface area contributed by atoms with Crippen LogP contribution in [0.1, 0.15) is 17.0 Å². The number of ether oxygens (including phenoxy) is 1. The summed E-state index contributed by atoms with van der Waals surface area (Å²) >= 11 is 0. The number of carbonyl (C=O) groups is 3. The molecular formula is C16H15N3O7. The van der Waals surface area contributed by atoms with Gasteiger partial charge in [-0.25, -0.2) is 0 Å². The normalized spacial score (nSPS) is 10.0. The smallest absolute Gasteiger partial charge is 0.308 e. The van der Waals surface area contributed by atoms with Crippen molar-refractivity contribution in [2.45, 2.75) is 6.42 Å². The van der Waals surface area contributed by atoms with Gasteiger partial charge in [0.05, 0.1) is 17.6 Å². The molecule has 0 saturated carbocycles. The van der Waals surface area contributed by atoms with Crippen LogP contribution in [0.3, 0.4) is 0 Å². The molecule has 0 fully saturated rings. The maximum Gasteiger partial charge on any atom is 0.308 e. The fourth-order valence-corrected chi connectivity index (χ4v) is 1.85. The standard InChI is InChI=1S/C16H15N3O7/c20-14(18-11-3-5-12(6-4-11)19(23)24)10-26-15(21)7-8-17-16(22)13-2-1-9-25-13/h1-6,9H,7-8,10H2,(H,17,22)(H,18,20). The van der Waals surface area contributed by atoms with Crippen LogP contribution in [0.2, 0.25) is 0 Å². The molecule has 0 bridgehead atoms. The lowest BCUT2D eigenvalue weighted by atomic mass is 10.3. The molecule has 0 aliphatic rings. The number of non-ortho nitro benzene ring substituents is 1. The van der Waals surface area contributed by atoms with Gasteiger partial charge in [0.1, 0.15) is 0 Å². The lowest BCUT2D eigenvalue weighted by molar-refractivity contribution is -0.384. The van der Waals surface area contributed by atoms with Crippen LogP contribution in [0.5, 0.6) is 0 Å². The van der Waals surface area contributed by atoms with Gasteiger partial charge in [-0.2, -0.15) is 0 Å². The second kappa shape index (κ2) is 8.97. The third-order valence-electron chi connectivity index (χ3n) is 3.09. The summed E-state index contributed by atoms with van der Waals surface area (Å²) in [6.07, 6.45) is 1.24. The summed E-state index contributed by atoms with van der Waals surface area (Å²) in [4.78, 5) is 44.7. The van der Waals surface area contributed by atoms with E-state index in [-0.39, 0.29) is 24.4 Å². The third kappa shape index (κ3) is 5.74. The topological polar surface area (TPSA) is 141 Å². The highest BCUT2D eigenvalue weighted by molar-refractivity contribution is 5.93. The Morgan fingerprint density at radius 3 is 2.50 bits per heavy atom. The predicted octanol–water partition coefficient (Wildman–Crippen LogP) is 1.49. The van der Waals surface area contributed by atoms with Gasteiger partial charge in [-0.3, -0.25) is 24.5 Å². The summed E-state index contributed by atoms with van der Waals surface area (Å²) < 4.78 is 9.67. The van der Waals surface area contributed by atoms with Gasteiger partial charge in [0.2, 0.25) is 0 Å². The molecule has 10 nitrogen and oxygen atoms in total. The molecule has 0 radical (unpaired) electrons. The molecule has 0 aliphatic heterocycles. The van der Waals surface area contributed by atoms with Gasteiger partial charge >= 0.3 is 5.97 Å². The summed E-state index contributed by atoms with van der Waals surface area (Å²) in [5.74, 6) is -1.59. The number of benzene rings is 1. The van der Waals surface area contributed by atoms with E-state index in [0.29, 0.717) is 5.69 Å². The summed E-state index contributed by atoms with van der Waals surface area (Å²) in [5, 5.41) is 15.4. The van der Waals surface area contributed by atoms with Crippen molar-refractivity contribution >= 4 is 29.2 Å². The zero-order valence-corrected chi connectivity index (χ0v) is 13.5. The lowest BCUT2D eigenvalue weighted by Gasteiger charge is -2.07. The molecule has 0 aliphatic carbocycles. The first-order valence-electron chi connectivity index (χ1n) is 7.47. The zero-order chi connectivity index (χ0) is 18.9. The Morgan fingerprint density at radius 2 is 1.88 bits per heavy atom. The van der Waals surface area contributed by atoms with Gasteiger partial charge < -0.3 is 19.8 Å². The average molecular weight is 361 g/mol. The number of esters is 1. The van der Waals surface area contributed by atoms with Gasteiger partial charge in [-0.05, 0) is 24.3 Å². The Labute approximate surface area is 147 Å². The van der Waals surface area contributed by atoms with Gasteiger partial charge in [0.25, 0.3) is 17.5 Å². The highest BCUT2D eigenvalue weighted by Crippen LogP contribution is 2.15. The largest absolute Gasteiger partial charge is 0.459 e. The fourth-order valence-electron chi connectivity index (χ4n) is 1.85. The highest BCUT2D eigenvalue weighted by atomic mass is 16.6. The molecular weight excluding hydrogens is 346 g/mol. The molecule has 10 heteroatoms. The van der Waals surface area contributed by atoms with Gasteiger partial charge in [0, 0.05) is 24.4 Å². The van der Waals surface area contributed by atoms with Crippen molar-refractivity contribution in [3.05, 3.63) is 58.5 Å². The van der Waals surface area contributed by atoms with Gasteiger partial charge in [-0.15, -0.1) is 0 Å². The van der Waals surface area contributed by atoms with E-state index in [2.05, 4.69) is 10.6 Å². The van der Waals surface area contributed by atoms with Crippen LogP contribution in [-0.4, -0.2) is 35.9 Å². The van der Waals surface area contributed by atoms with Crippen molar-refractivity contribution in [1.29, 1.82) is 0 Å². The van der Waals surface area contributed by atoms with Crippen molar-refractivity contribution in [3.8, 4) is 0 Å². The van der Waals surface area contributed by atoms with Crippen LogP contribution >= 0.6 is 0 Å². The first kappa shape index (κ1) is 18.6. The Morgan fingerprint density at radius 1 is 1.15 bits per heavy atom. The minimum atomic E-state index is -0.663. The molecule has 2 amide bonds. The number of carbonyl (C=O) groups excluding carboxylic acids is 3. The SMILES string of the molecule is O=C(COC(=O)CCNC(=O)c1ccco1)Nc1ccc([N+](=O)[O-])cc1. The summed E-state index contributed by atoms with van der Waals surface area (Å²) in [6.45, 7) is -0.482. The molecule has 0 unspecified atom stereocenters. The molecule has 0 saturated heterocycles. The molecule has 2 aromatic rings. The first-order valence-corrected chi connectivity index (χ1v) is 7.47. The Bertz CT molecular complexity index is 785. The van der Waals surface area contributed by atoms with Crippen molar-refractivity contribution in [2.75, 3.05) is 18.5 Å². The summed E-state index contributed by atoms with van der Waals surface area (Å²) in [6, 6.07) is 8.25. The number of nitro benzene ring substituents is 1. The molecule has 26 heavy (non-hydrogen) atoms. The second-order valence-electron chi connectivity index (χ2n) is 5.00. The van der Waals surface area contributed by atoms with Crippen LogP contribution in [0, 0.1) is 10.1 Å². The summed E-state index contributed by atoms with van der Waals surface area (Å²) in [5.41, 5.74) is 0.230. The zero-order valence-electron chi connectivity index (χ0n) is 13.5.